The van der Waals surface area contributed by atoms with Gasteiger partial charge in [0.2, 0.25) is 11.8 Å². The first-order chi connectivity index (χ1) is 17.5. The van der Waals surface area contributed by atoms with Crippen molar-refractivity contribution in [3.63, 3.8) is 0 Å². The van der Waals surface area contributed by atoms with Gasteiger partial charge >= 0.3 is 0 Å². The molecule has 5 rings (SSSR count). The highest BCUT2D eigenvalue weighted by molar-refractivity contribution is 7.10. The number of ketones is 1. The molecule has 5 nitrogen and oxygen atoms in total. The molecular weight excluding hydrogens is 492 g/mol. The van der Waals surface area contributed by atoms with Gasteiger partial charge < -0.3 is 10.6 Å². The van der Waals surface area contributed by atoms with Crippen molar-refractivity contribution in [3.05, 3.63) is 93.1 Å². The molecule has 3 aromatic rings. The van der Waals surface area contributed by atoms with Crippen molar-refractivity contribution in [1.82, 2.24) is 4.90 Å². The molecule has 1 aromatic heterocycles. The Morgan fingerprint density at radius 2 is 1.67 bits per heavy atom. The maximum atomic E-state index is 14.3. The number of hydrogen-bond donors (Lipinski definition) is 1. The second-order valence-electron chi connectivity index (χ2n) is 9.72. The maximum Gasteiger partial charge on any atom is 0.240 e. The van der Waals surface area contributed by atoms with Crippen LogP contribution < -0.4 is 5.73 Å². The van der Waals surface area contributed by atoms with Crippen molar-refractivity contribution >= 4 is 40.5 Å². The van der Waals surface area contributed by atoms with Gasteiger partial charge in [0.15, 0.2) is 5.78 Å². The van der Waals surface area contributed by atoms with Crippen LogP contribution in [0.25, 0.3) is 0 Å². The number of hydrogen-bond acceptors (Lipinski definition) is 4. The Kier molecular flexibility index (Phi) is 7.26. The normalized spacial score (nSPS) is 24.5. The monoisotopic (exact) mass is 520 g/mol. The van der Waals surface area contributed by atoms with Crippen LogP contribution in [0.1, 0.15) is 64.9 Å². The van der Waals surface area contributed by atoms with E-state index in [0.717, 1.165) is 42.5 Å². The lowest BCUT2D eigenvalue weighted by molar-refractivity contribution is -0.144. The lowest BCUT2D eigenvalue weighted by Crippen LogP contribution is -2.49. The second kappa shape index (κ2) is 10.6. The van der Waals surface area contributed by atoms with Crippen molar-refractivity contribution in [2.45, 2.75) is 50.1 Å². The van der Waals surface area contributed by atoms with E-state index in [1.165, 1.54) is 11.3 Å². The van der Waals surface area contributed by atoms with Gasteiger partial charge in [-0.05, 0) is 42.0 Å². The Hall–Kier alpha value is -2.96. The van der Waals surface area contributed by atoms with E-state index < -0.39 is 29.8 Å². The molecule has 186 valence electrons. The highest BCUT2D eigenvalue weighted by Crippen LogP contribution is 2.53. The molecule has 1 saturated heterocycles. The lowest BCUT2D eigenvalue weighted by Gasteiger charge is -2.35. The van der Waals surface area contributed by atoms with Crippen LogP contribution in [0.4, 0.5) is 0 Å². The van der Waals surface area contributed by atoms with Crippen molar-refractivity contribution in [3.8, 4) is 0 Å². The van der Waals surface area contributed by atoms with Gasteiger partial charge in [-0.3, -0.25) is 14.4 Å². The van der Waals surface area contributed by atoms with Crippen molar-refractivity contribution in [2.24, 2.45) is 17.6 Å². The van der Waals surface area contributed by atoms with E-state index in [2.05, 4.69) is 0 Å². The Morgan fingerprint density at radius 3 is 2.31 bits per heavy atom. The molecule has 2 amide bonds. The number of benzene rings is 2. The third kappa shape index (κ3) is 4.60. The average molecular weight is 521 g/mol. The van der Waals surface area contributed by atoms with Gasteiger partial charge in [-0.1, -0.05) is 79.4 Å². The standard InChI is InChI=1S/C29H29ClN2O3S/c30-21-14-7-13-20(17-21)27(33)24-23(22-15-8-16-36-22)26(28(31)34)32(25(24)18-9-3-1-4-10-18)29(35)19-11-5-2-6-12-19/h1,3-4,7-10,13-17,19,23-26H,2,5-6,11-12H2,(H2,31,34). The summed E-state index contributed by atoms with van der Waals surface area (Å²) in [7, 11) is 0. The van der Waals surface area contributed by atoms with E-state index in [0.29, 0.717) is 10.6 Å². The van der Waals surface area contributed by atoms with Crippen molar-refractivity contribution in [2.75, 3.05) is 0 Å². The van der Waals surface area contributed by atoms with E-state index in [4.69, 9.17) is 17.3 Å². The van der Waals surface area contributed by atoms with Gasteiger partial charge in [0.1, 0.15) is 6.04 Å². The Bertz CT molecular complexity index is 1240. The van der Waals surface area contributed by atoms with E-state index in [1.54, 1.807) is 29.2 Å². The fraction of sp³-hybridized carbons (Fsp3) is 0.345. The van der Waals surface area contributed by atoms with Crippen molar-refractivity contribution in [1.29, 1.82) is 0 Å². The van der Waals surface area contributed by atoms with Gasteiger partial charge in [0, 0.05) is 27.3 Å². The first-order valence-corrected chi connectivity index (χ1v) is 13.7. The fourth-order valence-electron chi connectivity index (χ4n) is 6.03. The minimum Gasteiger partial charge on any atom is -0.368 e. The molecule has 2 fully saturated rings. The van der Waals surface area contributed by atoms with Crippen molar-refractivity contribution < 1.29 is 14.4 Å². The Balaban J connectivity index is 1.70. The number of carbonyl (C=O) groups excluding carboxylic acids is 3. The summed E-state index contributed by atoms with van der Waals surface area (Å²) >= 11 is 7.74. The topological polar surface area (TPSA) is 80.5 Å². The zero-order valence-corrected chi connectivity index (χ0v) is 21.5. The summed E-state index contributed by atoms with van der Waals surface area (Å²) in [6.07, 6.45) is 4.66. The number of amides is 2. The number of primary amides is 1. The van der Waals surface area contributed by atoms with E-state index in [9.17, 15) is 14.4 Å². The predicted octanol–water partition coefficient (Wildman–Crippen LogP) is 6.00. The molecular formula is C29H29ClN2O3S. The molecule has 2 N–H and O–H groups in total. The molecule has 2 heterocycles. The highest BCUT2D eigenvalue weighted by atomic mass is 35.5. The Labute approximate surface area is 220 Å². The molecule has 1 aliphatic heterocycles. The van der Waals surface area contributed by atoms with Gasteiger partial charge in [-0.2, -0.15) is 0 Å². The van der Waals surface area contributed by atoms with Crippen LogP contribution in [-0.4, -0.2) is 28.5 Å². The first kappa shape index (κ1) is 24.7. The number of rotatable bonds is 6. The van der Waals surface area contributed by atoms with E-state index in [1.807, 2.05) is 47.8 Å². The molecule has 1 aliphatic carbocycles. The summed E-state index contributed by atoms with van der Waals surface area (Å²) in [6, 6.07) is 18.7. The average Bonchev–Trinajstić information content (AvgIpc) is 3.55. The fourth-order valence-corrected chi connectivity index (χ4v) is 7.13. The SMILES string of the molecule is NC(=O)C1C(c2cccs2)C(C(=O)c2cccc(Cl)c2)C(c2ccccc2)N1C(=O)C1CCCCC1. The van der Waals surface area contributed by atoms with E-state index >= 15 is 0 Å². The molecule has 4 atom stereocenters. The van der Waals surface area contributed by atoms with Crippen LogP contribution in [0, 0.1) is 11.8 Å². The summed E-state index contributed by atoms with van der Waals surface area (Å²) in [5.41, 5.74) is 7.35. The minimum atomic E-state index is -0.920. The summed E-state index contributed by atoms with van der Waals surface area (Å²) in [5.74, 6) is -2.21. The summed E-state index contributed by atoms with van der Waals surface area (Å²) < 4.78 is 0. The van der Waals surface area contributed by atoms with Crippen LogP contribution in [0.15, 0.2) is 72.1 Å². The van der Waals surface area contributed by atoms with Gasteiger partial charge in [-0.25, -0.2) is 0 Å². The van der Waals surface area contributed by atoms with Crippen LogP contribution in [0.2, 0.25) is 5.02 Å². The number of halogens is 1. The predicted molar refractivity (Wildman–Crippen MR) is 142 cm³/mol. The molecule has 0 bridgehead atoms. The van der Waals surface area contributed by atoms with Gasteiger partial charge in [-0.15, -0.1) is 11.3 Å². The summed E-state index contributed by atoms with van der Waals surface area (Å²) in [5, 5.41) is 2.39. The first-order valence-electron chi connectivity index (χ1n) is 12.5. The smallest absolute Gasteiger partial charge is 0.240 e. The minimum absolute atomic E-state index is 0.0738. The second-order valence-corrected chi connectivity index (χ2v) is 11.1. The molecule has 7 heteroatoms. The highest BCUT2D eigenvalue weighted by Gasteiger charge is 2.57. The zero-order chi connectivity index (χ0) is 25.2. The maximum absolute atomic E-state index is 14.3. The molecule has 1 saturated carbocycles. The summed E-state index contributed by atoms with van der Waals surface area (Å²) in [6.45, 7) is 0. The van der Waals surface area contributed by atoms with Crippen LogP contribution in [-0.2, 0) is 9.59 Å². The number of nitrogens with two attached hydrogens (primary N) is 1. The lowest BCUT2D eigenvalue weighted by atomic mass is 9.78. The van der Waals surface area contributed by atoms with Gasteiger partial charge in [0.05, 0.1) is 12.0 Å². The van der Waals surface area contributed by atoms with Crippen LogP contribution >= 0.6 is 22.9 Å². The number of thiophene rings is 1. The molecule has 2 aromatic carbocycles. The number of carbonyl (C=O) groups is 3. The Morgan fingerprint density at radius 1 is 0.917 bits per heavy atom. The number of likely N-dealkylation sites (tertiary alicyclic amines) is 1. The third-order valence-corrected chi connectivity index (χ3v) is 8.80. The van der Waals surface area contributed by atoms with Gasteiger partial charge in [0.25, 0.3) is 0 Å². The molecule has 0 radical (unpaired) electrons. The zero-order valence-electron chi connectivity index (χ0n) is 19.9. The number of Topliss-reactive ketones (excluding diaryl/α,β-unsaturated/α-hetero) is 1. The quantitative estimate of drug-likeness (QED) is 0.404. The molecule has 0 spiro atoms. The largest absolute Gasteiger partial charge is 0.368 e. The molecule has 2 aliphatic rings. The van der Waals surface area contributed by atoms with E-state index in [-0.39, 0.29) is 17.6 Å². The molecule has 4 unspecified atom stereocenters. The number of nitrogens with zero attached hydrogens (tertiary/aromatic N) is 1. The summed E-state index contributed by atoms with van der Waals surface area (Å²) in [4.78, 5) is 44.1. The van der Waals surface area contributed by atoms with Crippen LogP contribution in [0.5, 0.6) is 0 Å². The van der Waals surface area contributed by atoms with Crippen LogP contribution in [0.3, 0.4) is 0 Å². The third-order valence-electron chi connectivity index (χ3n) is 7.59. The molecule has 36 heavy (non-hydrogen) atoms.